The number of hydrogen-bond donors (Lipinski definition) is 0. The van der Waals surface area contributed by atoms with Crippen LogP contribution in [0.1, 0.15) is 40.0 Å². The van der Waals surface area contributed by atoms with E-state index in [0.717, 1.165) is 11.2 Å². The van der Waals surface area contributed by atoms with Crippen LogP contribution < -0.4 is 0 Å². The van der Waals surface area contributed by atoms with Crippen LogP contribution in [0.25, 0.3) is 0 Å². The second kappa shape index (κ2) is 8.43. The van der Waals surface area contributed by atoms with Crippen molar-refractivity contribution in [1.82, 2.24) is 0 Å². The first kappa shape index (κ1) is 12.8. The van der Waals surface area contributed by atoms with Crippen molar-refractivity contribution in [1.29, 1.82) is 0 Å². The average Bonchev–Trinajstić information content (AvgIpc) is 2.02. The summed E-state index contributed by atoms with van der Waals surface area (Å²) in [5.41, 5.74) is 0. The quantitative estimate of drug-likeness (QED) is 0.608. The van der Waals surface area contributed by atoms with Gasteiger partial charge in [-0.2, -0.15) is 11.8 Å². The molecule has 0 rings (SSSR count). The van der Waals surface area contributed by atoms with Crippen molar-refractivity contribution < 1.29 is 0 Å². The van der Waals surface area contributed by atoms with E-state index in [4.69, 9.17) is 0 Å². The van der Waals surface area contributed by atoms with E-state index in [1.165, 1.54) is 30.3 Å². The first-order valence-corrected chi connectivity index (χ1v) is 7.05. The van der Waals surface area contributed by atoms with Gasteiger partial charge in [0.25, 0.3) is 0 Å². The Hall–Kier alpha value is 0.830. The Kier molecular flexibility index (Phi) is 9.01. The van der Waals surface area contributed by atoms with Crippen molar-refractivity contribution in [3.8, 4) is 0 Å². The molecule has 2 heteroatoms. The molecule has 0 aromatic rings. The summed E-state index contributed by atoms with van der Waals surface area (Å²) in [4.78, 5) is 0. The zero-order chi connectivity index (χ0) is 9.40. The largest absolute Gasteiger partial charge is 0.159 e. The summed E-state index contributed by atoms with van der Waals surface area (Å²) in [5, 5.41) is 1.97. The summed E-state index contributed by atoms with van der Waals surface area (Å²) in [6.45, 7) is 6.81. The number of alkyl halides is 1. The summed E-state index contributed by atoms with van der Waals surface area (Å²) in [6, 6.07) is 0. The fraction of sp³-hybridized carbons (Fsp3) is 1.00. The molecular formula is C10H21BrS. The second-order valence-electron chi connectivity index (χ2n) is 3.52. The van der Waals surface area contributed by atoms with Crippen molar-refractivity contribution >= 4 is 27.7 Å². The molecule has 74 valence electrons. The molecule has 0 aromatic carbocycles. The molecule has 0 saturated carbocycles. The van der Waals surface area contributed by atoms with Crippen molar-refractivity contribution in [2.45, 2.75) is 45.3 Å². The fourth-order valence-corrected chi connectivity index (χ4v) is 2.77. The van der Waals surface area contributed by atoms with Gasteiger partial charge >= 0.3 is 0 Å². The summed E-state index contributed by atoms with van der Waals surface area (Å²) in [7, 11) is 0. The van der Waals surface area contributed by atoms with Crippen LogP contribution in [0.4, 0.5) is 0 Å². The molecule has 0 bridgehead atoms. The normalized spacial score (nSPS) is 13.8. The molecule has 0 saturated heterocycles. The molecule has 1 unspecified atom stereocenters. The molecule has 0 fully saturated rings. The van der Waals surface area contributed by atoms with Gasteiger partial charge in [0, 0.05) is 5.33 Å². The predicted molar refractivity (Wildman–Crippen MR) is 64.4 cm³/mol. The van der Waals surface area contributed by atoms with Gasteiger partial charge in [-0.25, -0.2) is 0 Å². The van der Waals surface area contributed by atoms with E-state index < -0.39 is 0 Å². The Morgan fingerprint density at radius 1 is 1.25 bits per heavy atom. The fourth-order valence-electron chi connectivity index (χ4n) is 1.18. The lowest BCUT2D eigenvalue weighted by Crippen LogP contribution is -2.04. The monoisotopic (exact) mass is 252 g/mol. The standard InChI is InChI=1S/C10H21BrS/c1-4-5-10(8-11)6-7-12-9(2)3/h9-10H,4-8H2,1-3H3. The predicted octanol–water partition coefficient (Wildman–Crippen LogP) is 4.33. The molecule has 0 spiro atoms. The van der Waals surface area contributed by atoms with Gasteiger partial charge in [0.2, 0.25) is 0 Å². The molecule has 0 aromatic heterocycles. The van der Waals surface area contributed by atoms with Crippen LogP contribution in [-0.4, -0.2) is 16.3 Å². The van der Waals surface area contributed by atoms with Crippen molar-refractivity contribution in [3.63, 3.8) is 0 Å². The minimum Gasteiger partial charge on any atom is -0.159 e. The van der Waals surface area contributed by atoms with Crippen LogP contribution in [0.2, 0.25) is 0 Å². The molecule has 0 aliphatic carbocycles. The van der Waals surface area contributed by atoms with E-state index in [1.807, 2.05) is 0 Å². The molecular weight excluding hydrogens is 232 g/mol. The van der Waals surface area contributed by atoms with Gasteiger partial charge in [0.05, 0.1) is 0 Å². The van der Waals surface area contributed by atoms with E-state index in [1.54, 1.807) is 0 Å². The number of hydrogen-bond acceptors (Lipinski definition) is 1. The van der Waals surface area contributed by atoms with Crippen LogP contribution in [0.15, 0.2) is 0 Å². The first-order chi connectivity index (χ1) is 5.70. The van der Waals surface area contributed by atoms with E-state index in [0.29, 0.717) is 0 Å². The van der Waals surface area contributed by atoms with Gasteiger partial charge in [-0.05, 0) is 29.8 Å². The molecule has 0 radical (unpaired) electrons. The molecule has 1 atom stereocenters. The van der Waals surface area contributed by atoms with E-state index >= 15 is 0 Å². The molecule has 12 heavy (non-hydrogen) atoms. The van der Waals surface area contributed by atoms with Gasteiger partial charge in [-0.15, -0.1) is 0 Å². The summed E-state index contributed by atoms with van der Waals surface area (Å²) >= 11 is 5.65. The van der Waals surface area contributed by atoms with Crippen molar-refractivity contribution in [2.24, 2.45) is 5.92 Å². The molecule has 0 nitrogen and oxygen atoms in total. The Morgan fingerprint density at radius 2 is 1.92 bits per heavy atom. The average molecular weight is 253 g/mol. The highest BCUT2D eigenvalue weighted by Crippen LogP contribution is 2.19. The Balaban J connectivity index is 3.31. The maximum Gasteiger partial charge on any atom is 0.00599 e. The number of rotatable bonds is 7. The topological polar surface area (TPSA) is 0 Å². The van der Waals surface area contributed by atoms with Gasteiger partial charge in [0.15, 0.2) is 0 Å². The lowest BCUT2D eigenvalue weighted by atomic mass is 10.0. The van der Waals surface area contributed by atoms with E-state index in [2.05, 4.69) is 48.5 Å². The Morgan fingerprint density at radius 3 is 2.33 bits per heavy atom. The third kappa shape index (κ3) is 7.48. The van der Waals surface area contributed by atoms with Gasteiger partial charge in [0.1, 0.15) is 0 Å². The molecule has 0 aliphatic rings. The van der Waals surface area contributed by atoms with Crippen LogP contribution in [0.3, 0.4) is 0 Å². The maximum absolute atomic E-state index is 3.57. The molecule has 0 heterocycles. The minimum absolute atomic E-state index is 0.794. The van der Waals surface area contributed by atoms with Crippen molar-refractivity contribution in [3.05, 3.63) is 0 Å². The minimum atomic E-state index is 0.794. The highest BCUT2D eigenvalue weighted by Gasteiger charge is 2.05. The molecule has 0 amide bonds. The van der Waals surface area contributed by atoms with Crippen LogP contribution in [0, 0.1) is 5.92 Å². The molecule has 0 aliphatic heterocycles. The Bertz CT molecular complexity index is 93.8. The van der Waals surface area contributed by atoms with Crippen LogP contribution >= 0.6 is 27.7 Å². The smallest absolute Gasteiger partial charge is 0.00599 e. The third-order valence-electron chi connectivity index (χ3n) is 1.89. The van der Waals surface area contributed by atoms with Gasteiger partial charge in [-0.1, -0.05) is 43.1 Å². The van der Waals surface area contributed by atoms with Crippen LogP contribution in [-0.2, 0) is 0 Å². The lowest BCUT2D eigenvalue weighted by molar-refractivity contribution is 0.524. The van der Waals surface area contributed by atoms with Gasteiger partial charge < -0.3 is 0 Å². The second-order valence-corrected chi connectivity index (χ2v) is 5.85. The van der Waals surface area contributed by atoms with E-state index in [9.17, 15) is 0 Å². The summed E-state index contributed by atoms with van der Waals surface area (Å²) in [5.74, 6) is 2.23. The lowest BCUT2D eigenvalue weighted by Gasteiger charge is -2.12. The SMILES string of the molecule is CCCC(CBr)CCSC(C)C. The molecule has 0 N–H and O–H groups in total. The maximum atomic E-state index is 3.57. The van der Waals surface area contributed by atoms with Crippen LogP contribution in [0.5, 0.6) is 0 Å². The van der Waals surface area contributed by atoms with E-state index in [-0.39, 0.29) is 0 Å². The first-order valence-electron chi connectivity index (χ1n) is 4.88. The number of thioether (sulfide) groups is 1. The highest BCUT2D eigenvalue weighted by atomic mass is 79.9. The Labute approximate surface area is 90.0 Å². The zero-order valence-corrected chi connectivity index (χ0v) is 10.9. The van der Waals surface area contributed by atoms with Gasteiger partial charge in [-0.3, -0.25) is 0 Å². The van der Waals surface area contributed by atoms with Crippen molar-refractivity contribution in [2.75, 3.05) is 11.1 Å². The summed E-state index contributed by atoms with van der Waals surface area (Å²) < 4.78 is 0. The highest BCUT2D eigenvalue weighted by molar-refractivity contribution is 9.09. The third-order valence-corrected chi connectivity index (χ3v) is 3.95. The summed E-state index contributed by atoms with van der Waals surface area (Å²) in [6.07, 6.45) is 4.08. The number of halogens is 1. The zero-order valence-electron chi connectivity index (χ0n) is 8.48.